The van der Waals surface area contributed by atoms with Crippen LogP contribution in [-0.4, -0.2) is 47.0 Å². The Morgan fingerprint density at radius 3 is 2.59 bits per heavy atom. The number of likely N-dealkylation sites (tertiary alicyclic amines) is 1. The van der Waals surface area contributed by atoms with E-state index in [0.29, 0.717) is 24.7 Å². The Labute approximate surface area is 130 Å². The van der Waals surface area contributed by atoms with Gasteiger partial charge in [-0.2, -0.15) is 0 Å². The van der Waals surface area contributed by atoms with Crippen molar-refractivity contribution in [2.24, 2.45) is 0 Å². The number of pyridine rings is 1. The molecular formula is C16H22N4O2. The number of amides is 3. The van der Waals surface area contributed by atoms with Crippen LogP contribution in [0.4, 0.5) is 4.79 Å². The van der Waals surface area contributed by atoms with Gasteiger partial charge in [-0.25, -0.2) is 4.79 Å². The van der Waals surface area contributed by atoms with Crippen LogP contribution < -0.4 is 10.6 Å². The van der Waals surface area contributed by atoms with E-state index < -0.39 is 0 Å². The molecule has 0 aromatic carbocycles. The number of hydrogen-bond donors (Lipinski definition) is 2. The molecule has 3 amide bonds. The van der Waals surface area contributed by atoms with Crippen molar-refractivity contribution in [3.8, 4) is 0 Å². The molecule has 22 heavy (non-hydrogen) atoms. The SMILES string of the molecule is Cc1ccc(C(=O)N2CCC(NC(=O)NC3CCC3)C2)cn1. The van der Waals surface area contributed by atoms with Crippen molar-refractivity contribution < 1.29 is 9.59 Å². The Hall–Kier alpha value is -2.11. The van der Waals surface area contributed by atoms with Gasteiger partial charge in [-0.3, -0.25) is 9.78 Å². The van der Waals surface area contributed by atoms with Crippen LogP contribution in [0.25, 0.3) is 0 Å². The highest BCUT2D eigenvalue weighted by Gasteiger charge is 2.29. The standard InChI is InChI=1S/C16H22N4O2/c1-11-5-6-12(9-17-11)15(21)20-8-7-14(10-20)19-16(22)18-13-3-2-4-13/h5-6,9,13-14H,2-4,7-8,10H2,1H3,(H2,18,19,22). The van der Waals surface area contributed by atoms with Crippen molar-refractivity contribution in [3.63, 3.8) is 0 Å². The minimum absolute atomic E-state index is 0.0174. The molecule has 0 spiro atoms. The normalized spacial score (nSPS) is 21.3. The molecule has 2 N–H and O–H groups in total. The van der Waals surface area contributed by atoms with Crippen LogP contribution in [-0.2, 0) is 0 Å². The van der Waals surface area contributed by atoms with Gasteiger partial charge in [0.15, 0.2) is 0 Å². The third-order valence-corrected chi connectivity index (χ3v) is 4.41. The predicted octanol–water partition coefficient (Wildman–Crippen LogP) is 1.46. The van der Waals surface area contributed by atoms with Gasteiger partial charge in [0.1, 0.15) is 0 Å². The molecule has 2 heterocycles. The highest BCUT2D eigenvalue weighted by atomic mass is 16.2. The maximum absolute atomic E-state index is 12.4. The van der Waals surface area contributed by atoms with Gasteiger partial charge in [-0.15, -0.1) is 0 Å². The van der Waals surface area contributed by atoms with Crippen LogP contribution in [0.1, 0.15) is 41.7 Å². The van der Waals surface area contributed by atoms with Gasteiger partial charge in [0, 0.05) is 37.1 Å². The van der Waals surface area contributed by atoms with E-state index in [-0.39, 0.29) is 18.0 Å². The summed E-state index contributed by atoms with van der Waals surface area (Å²) in [6.07, 6.45) is 5.75. The fraction of sp³-hybridized carbons (Fsp3) is 0.562. The molecule has 1 saturated heterocycles. The quantitative estimate of drug-likeness (QED) is 0.887. The lowest BCUT2D eigenvalue weighted by molar-refractivity contribution is 0.0789. The summed E-state index contributed by atoms with van der Waals surface area (Å²) in [7, 11) is 0. The van der Waals surface area contributed by atoms with Crippen molar-refractivity contribution >= 4 is 11.9 Å². The topological polar surface area (TPSA) is 74.3 Å². The van der Waals surface area contributed by atoms with Crippen LogP contribution in [0.15, 0.2) is 18.3 Å². The molecule has 2 fully saturated rings. The first kappa shape index (κ1) is 14.8. The lowest BCUT2D eigenvalue weighted by Crippen LogP contribution is -2.49. The van der Waals surface area contributed by atoms with Crippen molar-refractivity contribution in [2.45, 2.75) is 44.7 Å². The fourth-order valence-electron chi connectivity index (χ4n) is 2.80. The Morgan fingerprint density at radius 1 is 1.18 bits per heavy atom. The second-order valence-electron chi connectivity index (χ2n) is 6.17. The molecule has 3 rings (SSSR count). The molecule has 118 valence electrons. The second kappa shape index (κ2) is 6.34. The monoisotopic (exact) mass is 302 g/mol. The van der Waals surface area contributed by atoms with Gasteiger partial charge >= 0.3 is 6.03 Å². The second-order valence-corrected chi connectivity index (χ2v) is 6.17. The smallest absolute Gasteiger partial charge is 0.315 e. The summed E-state index contributed by atoms with van der Waals surface area (Å²) in [4.78, 5) is 30.2. The Kier molecular flexibility index (Phi) is 4.27. The van der Waals surface area contributed by atoms with E-state index in [9.17, 15) is 9.59 Å². The minimum atomic E-state index is -0.110. The van der Waals surface area contributed by atoms with Gasteiger partial charge in [0.2, 0.25) is 0 Å². The van der Waals surface area contributed by atoms with Crippen LogP contribution in [0.3, 0.4) is 0 Å². The van der Waals surface area contributed by atoms with Gasteiger partial charge in [-0.1, -0.05) is 0 Å². The molecular weight excluding hydrogens is 280 g/mol. The van der Waals surface area contributed by atoms with E-state index in [1.807, 2.05) is 13.0 Å². The molecule has 0 bridgehead atoms. The number of rotatable bonds is 3. The molecule has 1 aliphatic carbocycles. The lowest BCUT2D eigenvalue weighted by atomic mass is 9.93. The summed E-state index contributed by atoms with van der Waals surface area (Å²) in [5, 5.41) is 5.93. The van der Waals surface area contributed by atoms with Crippen LogP contribution in [0.2, 0.25) is 0 Å². The average molecular weight is 302 g/mol. The first-order valence-electron chi connectivity index (χ1n) is 7.91. The van der Waals surface area contributed by atoms with Crippen LogP contribution in [0, 0.1) is 6.92 Å². The molecule has 1 aromatic rings. The molecule has 1 unspecified atom stereocenters. The van der Waals surface area contributed by atoms with Crippen molar-refractivity contribution in [1.29, 1.82) is 0 Å². The summed E-state index contributed by atoms with van der Waals surface area (Å²) >= 11 is 0. The lowest BCUT2D eigenvalue weighted by Gasteiger charge is -2.27. The number of carbonyl (C=O) groups is 2. The van der Waals surface area contributed by atoms with E-state index in [0.717, 1.165) is 25.0 Å². The number of hydrogen-bond acceptors (Lipinski definition) is 3. The van der Waals surface area contributed by atoms with E-state index in [2.05, 4.69) is 15.6 Å². The minimum Gasteiger partial charge on any atom is -0.336 e. The molecule has 6 nitrogen and oxygen atoms in total. The van der Waals surface area contributed by atoms with Gasteiger partial charge < -0.3 is 15.5 Å². The fourth-order valence-corrected chi connectivity index (χ4v) is 2.80. The number of nitrogens with one attached hydrogen (secondary N) is 2. The molecule has 1 saturated carbocycles. The molecule has 6 heteroatoms. The first-order chi connectivity index (χ1) is 10.6. The van der Waals surface area contributed by atoms with Crippen molar-refractivity contribution in [3.05, 3.63) is 29.6 Å². The number of nitrogens with zero attached hydrogens (tertiary/aromatic N) is 2. The average Bonchev–Trinajstić information content (AvgIpc) is 2.91. The molecule has 1 aromatic heterocycles. The zero-order valence-corrected chi connectivity index (χ0v) is 12.8. The number of aromatic nitrogens is 1. The molecule has 0 radical (unpaired) electrons. The third kappa shape index (κ3) is 3.37. The summed E-state index contributed by atoms with van der Waals surface area (Å²) in [6.45, 7) is 3.12. The van der Waals surface area contributed by atoms with Gasteiger partial charge in [-0.05, 0) is 44.7 Å². The summed E-state index contributed by atoms with van der Waals surface area (Å²) in [6, 6.07) is 3.89. The van der Waals surface area contributed by atoms with E-state index >= 15 is 0 Å². The van der Waals surface area contributed by atoms with Crippen molar-refractivity contribution in [1.82, 2.24) is 20.5 Å². The summed E-state index contributed by atoms with van der Waals surface area (Å²) < 4.78 is 0. The largest absolute Gasteiger partial charge is 0.336 e. The highest BCUT2D eigenvalue weighted by Crippen LogP contribution is 2.18. The maximum atomic E-state index is 12.4. The highest BCUT2D eigenvalue weighted by molar-refractivity contribution is 5.94. The number of urea groups is 1. The first-order valence-corrected chi connectivity index (χ1v) is 7.91. The Bertz CT molecular complexity index is 554. The zero-order valence-electron chi connectivity index (χ0n) is 12.8. The maximum Gasteiger partial charge on any atom is 0.315 e. The number of carbonyl (C=O) groups excluding carboxylic acids is 2. The number of aryl methyl sites for hydroxylation is 1. The third-order valence-electron chi connectivity index (χ3n) is 4.41. The molecule has 1 aliphatic heterocycles. The predicted molar refractivity (Wildman–Crippen MR) is 82.6 cm³/mol. The molecule has 2 aliphatic rings. The van der Waals surface area contributed by atoms with E-state index in [1.54, 1.807) is 17.2 Å². The Balaban J connectivity index is 1.49. The van der Waals surface area contributed by atoms with E-state index in [4.69, 9.17) is 0 Å². The van der Waals surface area contributed by atoms with Gasteiger partial charge in [0.25, 0.3) is 5.91 Å². The van der Waals surface area contributed by atoms with Crippen LogP contribution >= 0.6 is 0 Å². The summed E-state index contributed by atoms with van der Waals surface area (Å²) in [5.41, 5.74) is 1.50. The Morgan fingerprint density at radius 2 is 1.95 bits per heavy atom. The van der Waals surface area contributed by atoms with Crippen molar-refractivity contribution in [2.75, 3.05) is 13.1 Å². The zero-order chi connectivity index (χ0) is 15.5. The van der Waals surface area contributed by atoms with E-state index in [1.165, 1.54) is 6.42 Å². The summed E-state index contributed by atoms with van der Waals surface area (Å²) in [5.74, 6) is -0.0174. The van der Waals surface area contributed by atoms with Crippen LogP contribution in [0.5, 0.6) is 0 Å². The molecule has 1 atom stereocenters. The van der Waals surface area contributed by atoms with Gasteiger partial charge in [0.05, 0.1) is 5.56 Å².